The van der Waals surface area contributed by atoms with Crippen LogP contribution in [0.25, 0.3) is 0 Å². The summed E-state index contributed by atoms with van der Waals surface area (Å²) in [6.07, 6.45) is 1.74. The smallest absolute Gasteiger partial charge is 0.143 e. The second-order valence-electron chi connectivity index (χ2n) is 4.14. The third-order valence-corrected chi connectivity index (χ3v) is 3.28. The minimum absolute atomic E-state index is 0.316. The Morgan fingerprint density at radius 3 is 2.79 bits per heavy atom. The van der Waals surface area contributed by atoms with Crippen molar-refractivity contribution in [1.82, 2.24) is 4.98 Å². The van der Waals surface area contributed by atoms with Crippen molar-refractivity contribution in [3.8, 4) is 5.75 Å². The quantitative estimate of drug-likeness (QED) is 0.935. The van der Waals surface area contributed by atoms with Gasteiger partial charge in [0.25, 0.3) is 0 Å². The van der Waals surface area contributed by atoms with Crippen molar-refractivity contribution < 1.29 is 4.74 Å². The van der Waals surface area contributed by atoms with Gasteiger partial charge in [-0.2, -0.15) is 0 Å². The highest BCUT2D eigenvalue weighted by molar-refractivity contribution is 6.35. The zero-order chi connectivity index (χ0) is 13.8. The number of nitrogens with zero attached hydrogens (tertiary/aromatic N) is 1. The van der Waals surface area contributed by atoms with Crippen LogP contribution in [-0.2, 0) is 13.2 Å². The summed E-state index contributed by atoms with van der Waals surface area (Å²) in [5.74, 6) is 0.568. The maximum absolute atomic E-state index is 6.13. The van der Waals surface area contributed by atoms with E-state index in [4.69, 9.17) is 33.7 Å². The van der Waals surface area contributed by atoms with Gasteiger partial charge in [0.15, 0.2) is 0 Å². The molecule has 100 valence electrons. The molecule has 2 rings (SSSR count). The molecular formula is C14H14Cl2N2O. The van der Waals surface area contributed by atoms with Crippen molar-refractivity contribution in [2.45, 2.75) is 20.1 Å². The van der Waals surface area contributed by atoms with Gasteiger partial charge < -0.3 is 10.5 Å². The zero-order valence-corrected chi connectivity index (χ0v) is 12.0. The molecule has 19 heavy (non-hydrogen) atoms. The Labute approximate surface area is 122 Å². The highest BCUT2D eigenvalue weighted by atomic mass is 35.5. The first-order chi connectivity index (χ1) is 9.11. The first kappa shape index (κ1) is 14.1. The van der Waals surface area contributed by atoms with E-state index in [1.807, 2.05) is 19.1 Å². The number of ether oxygens (including phenoxy) is 1. The molecule has 5 heteroatoms. The Hall–Kier alpha value is -1.29. The van der Waals surface area contributed by atoms with E-state index in [2.05, 4.69) is 4.98 Å². The van der Waals surface area contributed by atoms with E-state index in [0.717, 1.165) is 16.8 Å². The molecular weight excluding hydrogens is 283 g/mol. The second kappa shape index (κ2) is 6.24. The maximum atomic E-state index is 6.13. The van der Waals surface area contributed by atoms with Crippen molar-refractivity contribution >= 4 is 23.2 Å². The van der Waals surface area contributed by atoms with E-state index < -0.39 is 0 Å². The molecule has 0 saturated heterocycles. The van der Waals surface area contributed by atoms with Crippen LogP contribution in [0.5, 0.6) is 5.75 Å². The molecule has 2 N–H and O–H groups in total. The highest BCUT2D eigenvalue weighted by Gasteiger charge is 2.10. The molecule has 0 saturated carbocycles. The van der Waals surface area contributed by atoms with E-state index in [1.54, 1.807) is 18.3 Å². The number of nitrogens with two attached hydrogens (primary N) is 1. The lowest BCUT2D eigenvalue weighted by Crippen LogP contribution is -2.05. The molecule has 0 aliphatic rings. The van der Waals surface area contributed by atoms with Crippen molar-refractivity contribution in [3.63, 3.8) is 0 Å². The molecule has 0 bridgehead atoms. The predicted molar refractivity (Wildman–Crippen MR) is 77.7 cm³/mol. The van der Waals surface area contributed by atoms with Crippen LogP contribution in [0, 0.1) is 6.92 Å². The fourth-order valence-electron chi connectivity index (χ4n) is 1.74. The minimum Gasteiger partial charge on any atom is -0.485 e. The summed E-state index contributed by atoms with van der Waals surface area (Å²) in [7, 11) is 0. The summed E-state index contributed by atoms with van der Waals surface area (Å²) >= 11 is 12.1. The third kappa shape index (κ3) is 3.38. The van der Waals surface area contributed by atoms with E-state index in [-0.39, 0.29) is 0 Å². The normalized spacial score (nSPS) is 10.5. The van der Waals surface area contributed by atoms with Gasteiger partial charge >= 0.3 is 0 Å². The van der Waals surface area contributed by atoms with Crippen LogP contribution in [0.2, 0.25) is 10.0 Å². The summed E-state index contributed by atoms with van der Waals surface area (Å²) in [4.78, 5) is 4.27. The Balaban J connectivity index is 2.22. The summed E-state index contributed by atoms with van der Waals surface area (Å²) in [5.41, 5.74) is 8.40. The molecule has 0 unspecified atom stereocenters. The van der Waals surface area contributed by atoms with E-state index in [9.17, 15) is 0 Å². The maximum Gasteiger partial charge on any atom is 0.143 e. The standard InChI is InChI=1S/C14H14Cl2N2O/c1-9-3-2-4-18-13(9)8-19-14-10(7-17)5-11(15)6-12(14)16/h2-6H,7-8,17H2,1H3. The van der Waals surface area contributed by atoms with Crippen LogP contribution in [0.15, 0.2) is 30.5 Å². The van der Waals surface area contributed by atoms with Crippen molar-refractivity contribution in [3.05, 3.63) is 57.3 Å². The van der Waals surface area contributed by atoms with Crippen molar-refractivity contribution in [1.29, 1.82) is 0 Å². The van der Waals surface area contributed by atoms with Gasteiger partial charge in [-0.15, -0.1) is 0 Å². The molecule has 0 spiro atoms. The molecule has 0 atom stereocenters. The van der Waals surface area contributed by atoms with Crippen LogP contribution in [0.1, 0.15) is 16.8 Å². The highest BCUT2D eigenvalue weighted by Crippen LogP contribution is 2.32. The van der Waals surface area contributed by atoms with Gasteiger partial charge in [0, 0.05) is 23.3 Å². The van der Waals surface area contributed by atoms with Crippen LogP contribution in [0.3, 0.4) is 0 Å². The summed E-state index contributed by atoms with van der Waals surface area (Å²) in [6.45, 7) is 2.65. The second-order valence-corrected chi connectivity index (χ2v) is 4.98. The monoisotopic (exact) mass is 296 g/mol. The van der Waals surface area contributed by atoms with Crippen LogP contribution < -0.4 is 10.5 Å². The molecule has 0 amide bonds. The molecule has 0 aliphatic carbocycles. The molecule has 0 radical (unpaired) electrons. The largest absolute Gasteiger partial charge is 0.485 e. The fourth-order valence-corrected chi connectivity index (χ4v) is 2.33. The van der Waals surface area contributed by atoms with Gasteiger partial charge in [-0.05, 0) is 30.7 Å². The lowest BCUT2D eigenvalue weighted by Gasteiger charge is -2.13. The molecule has 0 fully saturated rings. The number of hydrogen-bond donors (Lipinski definition) is 1. The van der Waals surface area contributed by atoms with Crippen LogP contribution in [-0.4, -0.2) is 4.98 Å². The van der Waals surface area contributed by atoms with Gasteiger partial charge in [0.05, 0.1) is 10.7 Å². The predicted octanol–water partition coefficient (Wildman–Crippen LogP) is 3.73. The molecule has 1 aromatic heterocycles. The minimum atomic E-state index is 0.316. The molecule has 3 nitrogen and oxygen atoms in total. The lowest BCUT2D eigenvalue weighted by molar-refractivity contribution is 0.297. The number of halogens is 2. The number of pyridine rings is 1. The van der Waals surface area contributed by atoms with E-state index in [0.29, 0.717) is 28.9 Å². The summed E-state index contributed by atoms with van der Waals surface area (Å²) in [5, 5.41) is 1.01. The Kier molecular flexibility index (Phi) is 4.64. The van der Waals surface area contributed by atoms with Gasteiger partial charge in [0.1, 0.15) is 12.4 Å². The number of rotatable bonds is 4. The van der Waals surface area contributed by atoms with Gasteiger partial charge in [-0.3, -0.25) is 4.98 Å². The fraction of sp³-hybridized carbons (Fsp3) is 0.214. The lowest BCUT2D eigenvalue weighted by atomic mass is 10.2. The first-order valence-electron chi connectivity index (χ1n) is 5.83. The summed E-state index contributed by atoms with van der Waals surface area (Å²) in [6, 6.07) is 7.27. The Bertz CT molecular complexity index is 588. The third-order valence-electron chi connectivity index (χ3n) is 2.78. The number of benzene rings is 1. The molecule has 0 aliphatic heterocycles. The van der Waals surface area contributed by atoms with Gasteiger partial charge in [-0.1, -0.05) is 29.3 Å². The van der Waals surface area contributed by atoms with Gasteiger partial charge in [0.2, 0.25) is 0 Å². The molecule has 2 aromatic rings. The van der Waals surface area contributed by atoms with E-state index >= 15 is 0 Å². The Morgan fingerprint density at radius 1 is 1.32 bits per heavy atom. The van der Waals surface area contributed by atoms with Gasteiger partial charge in [-0.25, -0.2) is 0 Å². The SMILES string of the molecule is Cc1cccnc1COc1c(Cl)cc(Cl)cc1CN. The van der Waals surface area contributed by atoms with Crippen LogP contribution in [0.4, 0.5) is 0 Å². The average molecular weight is 297 g/mol. The molecule has 1 aromatic carbocycles. The number of hydrogen-bond acceptors (Lipinski definition) is 3. The van der Waals surface area contributed by atoms with Crippen LogP contribution >= 0.6 is 23.2 Å². The number of aromatic nitrogens is 1. The molecule has 1 heterocycles. The van der Waals surface area contributed by atoms with E-state index in [1.165, 1.54) is 0 Å². The zero-order valence-electron chi connectivity index (χ0n) is 10.5. The average Bonchev–Trinajstić information content (AvgIpc) is 2.38. The van der Waals surface area contributed by atoms with Crippen molar-refractivity contribution in [2.75, 3.05) is 0 Å². The first-order valence-corrected chi connectivity index (χ1v) is 6.58. The van der Waals surface area contributed by atoms with Crippen molar-refractivity contribution in [2.24, 2.45) is 5.73 Å². The Morgan fingerprint density at radius 2 is 2.11 bits per heavy atom. The summed E-state index contributed by atoms with van der Waals surface area (Å²) < 4.78 is 5.75. The number of aryl methyl sites for hydroxylation is 1. The topological polar surface area (TPSA) is 48.1 Å².